The average Bonchev–Trinajstić information content (AvgIpc) is 1.88. The van der Waals surface area contributed by atoms with Gasteiger partial charge in [0, 0.05) is 6.04 Å². The van der Waals surface area contributed by atoms with Crippen molar-refractivity contribution in [1.29, 1.82) is 0 Å². The second-order valence-electron chi connectivity index (χ2n) is 2.19. The van der Waals surface area contributed by atoms with Gasteiger partial charge in [-0.25, -0.2) is 4.39 Å². The highest BCUT2D eigenvalue weighted by atomic mass is 19.1. The van der Waals surface area contributed by atoms with Gasteiger partial charge < -0.3 is 5.73 Å². The molecule has 3 heteroatoms. The third-order valence-electron chi connectivity index (χ3n) is 1.22. The predicted octanol–water partition coefficient (Wildman–Crippen LogP) is 1.24. The van der Waals surface area contributed by atoms with Crippen LogP contribution in [0.15, 0.2) is 18.3 Å². The third kappa shape index (κ3) is 1.51. The molecule has 1 atom stereocenters. The Morgan fingerprint density at radius 3 is 2.70 bits per heavy atom. The van der Waals surface area contributed by atoms with Gasteiger partial charge in [-0.1, -0.05) is 0 Å². The molecule has 0 radical (unpaired) electrons. The fourth-order valence-corrected chi connectivity index (χ4v) is 0.657. The van der Waals surface area contributed by atoms with E-state index < -0.39 is 0 Å². The second kappa shape index (κ2) is 2.75. The van der Waals surface area contributed by atoms with Crippen LogP contribution in [-0.4, -0.2) is 4.98 Å². The molecule has 10 heavy (non-hydrogen) atoms. The number of aromatic nitrogens is 1. The molecular formula is C7H9FN2. The van der Waals surface area contributed by atoms with E-state index in [4.69, 9.17) is 5.73 Å². The molecule has 0 saturated carbocycles. The quantitative estimate of drug-likeness (QED) is 0.637. The lowest BCUT2D eigenvalue weighted by molar-refractivity contribution is 0.616. The summed E-state index contributed by atoms with van der Waals surface area (Å²) in [6, 6.07) is 2.81. The molecule has 0 bridgehead atoms. The monoisotopic (exact) mass is 140 g/mol. The van der Waals surface area contributed by atoms with E-state index in [2.05, 4.69) is 4.98 Å². The second-order valence-corrected chi connectivity index (χ2v) is 2.19. The Balaban J connectivity index is 2.89. The van der Waals surface area contributed by atoms with Crippen LogP contribution < -0.4 is 5.73 Å². The first-order valence-electron chi connectivity index (χ1n) is 3.07. The van der Waals surface area contributed by atoms with E-state index in [9.17, 15) is 4.39 Å². The first kappa shape index (κ1) is 7.15. The minimum absolute atomic E-state index is 0.124. The van der Waals surface area contributed by atoms with Gasteiger partial charge in [0.1, 0.15) is 5.82 Å². The summed E-state index contributed by atoms with van der Waals surface area (Å²) in [6.07, 6.45) is 1.17. The van der Waals surface area contributed by atoms with Gasteiger partial charge in [-0.2, -0.15) is 0 Å². The van der Waals surface area contributed by atoms with Crippen LogP contribution >= 0.6 is 0 Å². The molecule has 0 saturated heterocycles. The zero-order chi connectivity index (χ0) is 7.56. The van der Waals surface area contributed by atoms with Crippen molar-refractivity contribution in [3.8, 4) is 0 Å². The lowest BCUT2D eigenvalue weighted by atomic mass is 10.2. The van der Waals surface area contributed by atoms with Crippen molar-refractivity contribution in [2.24, 2.45) is 5.73 Å². The highest BCUT2D eigenvalue weighted by Crippen LogP contribution is 2.04. The highest BCUT2D eigenvalue weighted by molar-refractivity contribution is 5.07. The smallest absolute Gasteiger partial charge is 0.141 e. The summed E-state index contributed by atoms with van der Waals surface area (Å²) in [4.78, 5) is 3.78. The Morgan fingerprint density at radius 1 is 1.60 bits per heavy atom. The SMILES string of the molecule is CC(N)c1ccc(F)cn1. The van der Waals surface area contributed by atoms with Crippen molar-refractivity contribution < 1.29 is 4.39 Å². The maximum absolute atomic E-state index is 12.2. The molecule has 54 valence electrons. The van der Waals surface area contributed by atoms with E-state index in [0.717, 1.165) is 0 Å². The van der Waals surface area contributed by atoms with E-state index in [1.165, 1.54) is 12.3 Å². The maximum Gasteiger partial charge on any atom is 0.141 e. The van der Waals surface area contributed by atoms with E-state index in [-0.39, 0.29) is 11.9 Å². The molecule has 2 N–H and O–H groups in total. The Kier molecular flexibility index (Phi) is 1.97. The Bertz CT molecular complexity index is 205. The summed E-state index contributed by atoms with van der Waals surface area (Å²) in [5, 5.41) is 0. The molecule has 1 unspecified atom stereocenters. The van der Waals surface area contributed by atoms with Crippen LogP contribution in [0.2, 0.25) is 0 Å². The van der Waals surface area contributed by atoms with Crippen LogP contribution in [0, 0.1) is 5.82 Å². The van der Waals surface area contributed by atoms with E-state index in [0.29, 0.717) is 5.69 Å². The lowest BCUT2D eigenvalue weighted by Crippen LogP contribution is -2.06. The minimum atomic E-state index is -0.329. The van der Waals surface area contributed by atoms with Crippen molar-refractivity contribution >= 4 is 0 Å². The Hall–Kier alpha value is -0.960. The molecule has 0 aromatic carbocycles. The summed E-state index contributed by atoms with van der Waals surface area (Å²) in [6.45, 7) is 1.81. The van der Waals surface area contributed by atoms with Crippen molar-refractivity contribution in [2.75, 3.05) is 0 Å². The van der Waals surface area contributed by atoms with Crippen LogP contribution in [0.1, 0.15) is 18.7 Å². The fraction of sp³-hybridized carbons (Fsp3) is 0.286. The van der Waals surface area contributed by atoms with Crippen LogP contribution in [0.5, 0.6) is 0 Å². The third-order valence-corrected chi connectivity index (χ3v) is 1.22. The van der Waals surface area contributed by atoms with Crippen molar-refractivity contribution in [3.63, 3.8) is 0 Å². The van der Waals surface area contributed by atoms with Gasteiger partial charge >= 0.3 is 0 Å². The van der Waals surface area contributed by atoms with Gasteiger partial charge in [-0.3, -0.25) is 4.98 Å². The Labute approximate surface area is 58.9 Å². The molecule has 0 spiro atoms. The van der Waals surface area contributed by atoms with Crippen LogP contribution in [0.25, 0.3) is 0 Å². The topological polar surface area (TPSA) is 38.9 Å². The molecule has 0 aliphatic carbocycles. The maximum atomic E-state index is 12.2. The zero-order valence-corrected chi connectivity index (χ0v) is 5.71. The summed E-state index contributed by atoms with van der Waals surface area (Å²) in [5.74, 6) is -0.329. The number of hydrogen-bond donors (Lipinski definition) is 1. The molecule has 1 heterocycles. The van der Waals surface area contributed by atoms with Crippen LogP contribution in [0.4, 0.5) is 4.39 Å². The van der Waals surface area contributed by atoms with Gasteiger partial charge in [0.05, 0.1) is 11.9 Å². The fourth-order valence-electron chi connectivity index (χ4n) is 0.657. The average molecular weight is 140 g/mol. The van der Waals surface area contributed by atoms with Crippen molar-refractivity contribution in [2.45, 2.75) is 13.0 Å². The molecule has 2 nitrogen and oxygen atoms in total. The number of pyridine rings is 1. The van der Waals surface area contributed by atoms with Gasteiger partial charge in [0.15, 0.2) is 0 Å². The summed E-state index contributed by atoms with van der Waals surface area (Å²) < 4.78 is 12.2. The number of rotatable bonds is 1. The van der Waals surface area contributed by atoms with Crippen molar-refractivity contribution in [1.82, 2.24) is 4.98 Å². The molecule has 1 aromatic rings. The number of hydrogen-bond acceptors (Lipinski definition) is 2. The standard InChI is InChI=1S/C7H9FN2/c1-5(9)7-3-2-6(8)4-10-7/h2-5H,9H2,1H3. The number of nitrogens with zero attached hydrogens (tertiary/aromatic N) is 1. The largest absolute Gasteiger partial charge is 0.323 e. The van der Waals surface area contributed by atoms with Crippen molar-refractivity contribution in [3.05, 3.63) is 29.8 Å². The highest BCUT2D eigenvalue weighted by Gasteiger charge is 1.98. The summed E-state index contributed by atoms with van der Waals surface area (Å²) in [5.41, 5.74) is 6.19. The van der Waals surface area contributed by atoms with E-state index in [1.807, 2.05) is 0 Å². The molecule has 1 aromatic heterocycles. The predicted molar refractivity (Wildman–Crippen MR) is 36.8 cm³/mol. The molecule has 0 amide bonds. The van der Waals surface area contributed by atoms with Gasteiger partial charge in [0.25, 0.3) is 0 Å². The summed E-state index contributed by atoms with van der Waals surface area (Å²) >= 11 is 0. The van der Waals surface area contributed by atoms with Gasteiger partial charge in [-0.15, -0.1) is 0 Å². The normalized spacial score (nSPS) is 13.1. The van der Waals surface area contributed by atoms with Crippen LogP contribution in [0.3, 0.4) is 0 Å². The first-order chi connectivity index (χ1) is 4.70. The number of halogens is 1. The molecule has 1 rings (SSSR count). The summed E-state index contributed by atoms with van der Waals surface area (Å²) in [7, 11) is 0. The molecule has 0 aliphatic heterocycles. The first-order valence-corrected chi connectivity index (χ1v) is 3.07. The number of nitrogens with two attached hydrogens (primary N) is 1. The van der Waals surface area contributed by atoms with Gasteiger partial charge in [0.2, 0.25) is 0 Å². The molecule has 0 fully saturated rings. The lowest BCUT2D eigenvalue weighted by Gasteiger charge is -2.01. The Morgan fingerprint density at radius 2 is 2.30 bits per heavy atom. The minimum Gasteiger partial charge on any atom is -0.323 e. The van der Waals surface area contributed by atoms with E-state index in [1.54, 1.807) is 13.0 Å². The molecular weight excluding hydrogens is 131 g/mol. The van der Waals surface area contributed by atoms with Crippen LogP contribution in [-0.2, 0) is 0 Å². The van der Waals surface area contributed by atoms with Gasteiger partial charge in [-0.05, 0) is 19.1 Å². The molecule has 0 aliphatic rings. The zero-order valence-electron chi connectivity index (χ0n) is 5.71. The van der Waals surface area contributed by atoms with E-state index >= 15 is 0 Å².